The zero-order valence-electron chi connectivity index (χ0n) is 15.7. The van der Waals surface area contributed by atoms with Crippen molar-refractivity contribution in [1.29, 1.82) is 0 Å². The van der Waals surface area contributed by atoms with E-state index < -0.39 is 0 Å². The molecule has 0 radical (unpaired) electrons. The Hall–Kier alpha value is -1.68. The molecule has 1 aliphatic heterocycles. The van der Waals surface area contributed by atoms with Gasteiger partial charge in [0.2, 0.25) is 0 Å². The van der Waals surface area contributed by atoms with Crippen molar-refractivity contribution in [3.8, 4) is 0 Å². The highest BCUT2D eigenvalue weighted by Gasteiger charge is 2.50. The molecule has 1 heterocycles. The molecule has 25 heavy (non-hydrogen) atoms. The monoisotopic (exact) mass is 339 g/mol. The quantitative estimate of drug-likeness (QED) is 0.796. The minimum atomic E-state index is -0.323. The topological polar surface area (TPSA) is 21.7 Å². The molecule has 1 saturated heterocycles. The van der Waals surface area contributed by atoms with Gasteiger partial charge in [-0.05, 0) is 38.4 Å². The average Bonchev–Trinajstić information content (AvgIpc) is 2.65. The lowest BCUT2D eigenvalue weighted by molar-refractivity contribution is -0.288. The van der Waals surface area contributed by atoms with Gasteiger partial charge in [-0.2, -0.15) is 0 Å². The molecule has 0 spiro atoms. The second kappa shape index (κ2) is 7.69. The normalized spacial score (nSPS) is 30.3. The highest BCUT2D eigenvalue weighted by atomic mass is 16.7. The van der Waals surface area contributed by atoms with E-state index in [-0.39, 0.29) is 17.9 Å². The zero-order valence-corrected chi connectivity index (χ0v) is 15.7. The maximum Gasteiger partial charge on any atom is 0.180 e. The van der Waals surface area contributed by atoms with Gasteiger partial charge in [-0.3, -0.25) is 4.90 Å². The lowest BCUT2D eigenvalue weighted by Gasteiger charge is -2.54. The van der Waals surface area contributed by atoms with E-state index in [0.717, 1.165) is 12.1 Å². The molecule has 0 aliphatic carbocycles. The number of nitrogens with zero attached hydrogens (tertiary/aromatic N) is 1. The molecule has 3 rings (SSSR count). The SMILES string of the molecule is CCN1C(C)C(C)O[C@@H](OCc2ccccc2)[C@]1(C)c1ccccc1. The third kappa shape index (κ3) is 3.50. The minimum Gasteiger partial charge on any atom is -0.346 e. The predicted molar refractivity (Wildman–Crippen MR) is 101 cm³/mol. The van der Waals surface area contributed by atoms with E-state index in [4.69, 9.17) is 9.47 Å². The molecular weight excluding hydrogens is 310 g/mol. The molecule has 0 N–H and O–H groups in total. The second-order valence-electron chi connectivity index (χ2n) is 7.01. The van der Waals surface area contributed by atoms with Gasteiger partial charge in [-0.15, -0.1) is 0 Å². The number of rotatable bonds is 5. The maximum absolute atomic E-state index is 6.36. The molecule has 0 aromatic heterocycles. The van der Waals surface area contributed by atoms with Crippen molar-refractivity contribution in [3.05, 3.63) is 71.8 Å². The first kappa shape index (κ1) is 18.1. The first-order chi connectivity index (χ1) is 12.1. The number of hydrogen-bond donors (Lipinski definition) is 0. The van der Waals surface area contributed by atoms with Crippen LogP contribution in [0, 0.1) is 0 Å². The van der Waals surface area contributed by atoms with Gasteiger partial charge in [0, 0.05) is 6.04 Å². The molecule has 0 bridgehead atoms. The van der Waals surface area contributed by atoms with Crippen LogP contribution in [-0.2, 0) is 21.6 Å². The van der Waals surface area contributed by atoms with Crippen molar-refractivity contribution < 1.29 is 9.47 Å². The van der Waals surface area contributed by atoms with Crippen molar-refractivity contribution in [2.45, 2.75) is 58.3 Å². The first-order valence-electron chi connectivity index (χ1n) is 9.20. The first-order valence-corrected chi connectivity index (χ1v) is 9.20. The van der Waals surface area contributed by atoms with Gasteiger partial charge >= 0.3 is 0 Å². The molecule has 0 amide bonds. The highest BCUT2D eigenvalue weighted by molar-refractivity contribution is 5.26. The molecule has 0 saturated carbocycles. The Bertz CT molecular complexity index is 660. The molecule has 2 aromatic rings. The van der Waals surface area contributed by atoms with Crippen molar-refractivity contribution in [1.82, 2.24) is 4.90 Å². The van der Waals surface area contributed by atoms with Crippen LogP contribution in [0.5, 0.6) is 0 Å². The van der Waals surface area contributed by atoms with E-state index in [0.29, 0.717) is 12.6 Å². The Kier molecular flexibility index (Phi) is 5.57. The van der Waals surface area contributed by atoms with Gasteiger partial charge < -0.3 is 9.47 Å². The summed E-state index contributed by atoms with van der Waals surface area (Å²) in [7, 11) is 0. The summed E-state index contributed by atoms with van der Waals surface area (Å²) in [6, 6.07) is 21.2. The van der Waals surface area contributed by atoms with Gasteiger partial charge in [-0.1, -0.05) is 67.6 Å². The molecular formula is C22H29NO2. The van der Waals surface area contributed by atoms with E-state index in [2.05, 4.69) is 75.1 Å². The molecule has 3 heteroatoms. The Morgan fingerprint density at radius 3 is 2.20 bits per heavy atom. The van der Waals surface area contributed by atoms with Crippen molar-refractivity contribution >= 4 is 0 Å². The van der Waals surface area contributed by atoms with E-state index in [1.54, 1.807) is 0 Å². The van der Waals surface area contributed by atoms with Gasteiger partial charge in [0.15, 0.2) is 6.29 Å². The zero-order chi connectivity index (χ0) is 17.9. The number of ether oxygens (including phenoxy) is 2. The number of morpholine rings is 1. The fourth-order valence-electron chi connectivity index (χ4n) is 3.89. The van der Waals surface area contributed by atoms with Crippen LogP contribution in [-0.4, -0.2) is 29.9 Å². The lowest BCUT2D eigenvalue weighted by atomic mass is 9.85. The van der Waals surface area contributed by atoms with Gasteiger partial charge in [0.1, 0.15) is 0 Å². The molecule has 1 aliphatic rings. The van der Waals surface area contributed by atoms with Crippen LogP contribution in [0.2, 0.25) is 0 Å². The van der Waals surface area contributed by atoms with Crippen LogP contribution in [0.1, 0.15) is 38.8 Å². The fourth-order valence-corrected chi connectivity index (χ4v) is 3.89. The summed E-state index contributed by atoms with van der Waals surface area (Å²) in [5.41, 5.74) is 2.07. The summed E-state index contributed by atoms with van der Waals surface area (Å²) < 4.78 is 12.7. The number of hydrogen-bond acceptors (Lipinski definition) is 3. The second-order valence-corrected chi connectivity index (χ2v) is 7.01. The van der Waals surface area contributed by atoms with Gasteiger partial charge in [-0.25, -0.2) is 0 Å². The summed E-state index contributed by atoms with van der Waals surface area (Å²) in [4.78, 5) is 2.51. The fraction of sp³-hybridized carbons (Fsp3) is 0.455. The Labute approximate surface area is 151 Å². The lowest BCUT2D eigenvalue weighted by Crippen LogP contribution is -2.64. The minimum absolute atomic E-state index is 0.123. The molecule has 134 valence electrons. The van der Waals surface area contributed by atoms with Gasteiger partial charge in [0.25, 0.3) is 0 Å². The van der Waals surface area contributed by atoms with E-state index in [1.165, 1.54) is 5.56 Å². The van der Waals surface area contributed by atoms with Crippen LogP contribution >= 0.6 is 0 Å². The maximum atomic E-state index is 6.36. The number of benzene rings is 2. The molecule has 4 atom stereocenters. The van der Waals surface area contributed by atoms with Crippen LogP contribution < -0.4 is 0 Å². The third-order valence-electron chi connectivity index (χ3n) is 5.51. The van der Waals surface area contributed by atoms with Crippen molar-refractivity contribution in [2.75, 3.05) is 6.54 Å². The van der Waals surface area contributed by atoms with Crippen molar-refractivity contribution in [3.63, 3.8) is 0 Å². The van der Waals surface area contributed by atoms with Gasteiger partial charge in [0.05, 0.1) is 18.2 Å². The summed E-state index contributed by atoms with van der Waals surface area (Å²) in [5, 5.41) is 0. The van der Waals surface area contributed by atoms with E-state index >= 15 is 0 Å². The Morgan fingerprint density at radius 1 is 1.00 bits per heavy atom. The summed E-state index contributed by atoms with van der Waals surface area (Å²) in [6.45, 7) is 10.3. The summed E-state index contributed by atoms with van der Waals surface area (Å²) in [6.07, 6.45) is -0.196. The van der Waals surface area contributed by atoms with Crippen LogP contribution in [0.4, 0.5) is 0 Å². The Morgan fingerprint density at radius 2 is 1.60 bits per heavy atom. The molecule has 1 fully saturated rings. The molecule has 3 nitrogen and oxygen atoms in total. The van der Waals surface area contributed by atoms with Crippen LogP contribution in [0.25, 0.3) is 0 Å². The summed E-state index contributed by atoms with van der Waals surface area (Å²) >= 11 is 0. The number of likely N-dealkylation sites (N-methyl/N-ethyl adjacent to an activating group) is 1. The molecule has 2 aromatic carbocycles. The average molecular weight is 339 g/mol. The van der Waals surface area contributed by atoms with E-state index in [9.17, 15) is 0 Å². The van der Waals surface area contributed by atoms with Crippen molar-refractivity contribution in [2.24, 2.45) is 0 Å². The van der Waals surface area contributed by atoms with Crippen LogP contribution in [0.3, 0.4) is 0 Å². The van der Waals surface area contributed by atoms with Crippen LogP contribution in [0.15, 0.2) is 60.7 Å². The smallest absolute Gasteiger partial charge is 0.180 e. The van der Waals surface area contributed by atoms with E-state index in [1.807, 2.05) is 18.2 Å². The highest BCUT2D eigenvalue weighted by Crippen LogP contribution is 2.41. The molecule has 2 unspecified atom stereocenters. The largest absolute Gasteiger partial charge is 0.346 e. The predicted octanol–water partition coefficient (Wildman–Crippen LogP) is 4.57. The third-order valence-corrected chi connectivity index (χ3v) is 5.51. The Balaban J connectivity index is 1.92. The summed E-state index contributed by atoms with van der Waals surface area (Å²) in [5.74, 6) is 0. The standard InChI is InChI=1S/C22H29NO2/c1-5-23-17(2)18(3)25-21(24-16-19-12-8-6-9-13-19)22(23,4)20-14-10-7-11-15-20/h6-15,17-18,21H,5,16H2,1-4H3/t17?,18?,21-,22+/m1/s1.